The van der Waals surface area contributed by atoms with E-state index in [1.807, 2.05) is 36.4 Å². The zero-order chi connectivity index (χ0) is 10.0. The van der Waals surface area contributed by atoms with Gasteiger partial charge in [0.2, 0.25) is 0 Å². The molecule has 0 unspecified atom stereocenters. The summed E-state index contributed by atoms with van der Waals surface area (Å²) < 4.78 is 0. The SMILES string of the molecule is C=C[C@H]1CCC[C@]1(O)c1ccccc1. The smallest absolute Gasteiger partial charge is 0.0958 e. The van der Waals surface area contributed by atoms with Crippen molar-refractivity contribution in [1.29, 1.82) is 0 Å². The molecule has 1 nitrogen and oxygen atoms in total. The van der Waals surface area contributed by atoms with E-state index in [1.165, 1.54) is 0 Å². The Kier molecular flexibility index (Phi) is 2.42. The third-order valence-corrected chi connectivity index (χ3v) is 3.24. The van der Waals surface area contributed by atoms with Crippen LogP contribution in [-0.2, 0) is 5.60 Å². The van der Waals surface area contributed by atoms with Crippen LogP contribution >= 0.6 is 0 Å². The highest BCUT2D eigenvalue weighted by Crippen LogP contribution is 2.43. The Morgan fingerprint density at radius 2 is 2.07 bits per heavy atom. The van der Waals surface area contributed by atoms with Crippen molar-refractivity contribution in [2.45, 2.75) is 24.9 Å². The summed E-state index contributed by atoms with van der Waals surface area (Å²) >= 11 is 0. The topological polar surface area (TPSA) is 20.2 Å². The van der Waals surface area contributed by atoms with Gasteiger partial charge in [-0.2, -0.15) is 0 Å². The van der Waals surface area contributed by atoms with Gasteiger partial charge in [0.1, 0.15) is 0 Å². The van der Waals surface area contributed by atoms with E-state index in [2.05, 4.69) is 6.58 Å². The molecule has 0 aliphatic heterocycles. The molecule has 74 valence electrons. The van der Waals surface area contributed by atoms with E-state index in [9.17, 15) is 5.11 Å². The van der Waals surface area contributed by atoms with E-state index in [0.717, 1.165) is 24.8 Å². The average molecular weight is 188 g/mol. The maximum Gasteiger partial charge on any atom is 0.0958 e. The van der Waals surface area contributed by atoms with Gasteiger partial charge in [0.25, 0.3) is 0 Å². The van der Waals surface area contributed by atoms with E-state index >= 15 is 0 Å². The van der Waals surface area contributed by atoms with Gasteiger partial charge in [-0.05, 0) is 24.8 Å². The Hall–Kier alpha value is -1.08. The number of benzene rings is 1. The molecule has 1 aromatic carbocycles. The molecule has 0 bridgehead atoms. The fraction of sp³-hybridized carbons (Fsp3) is 0.385. The summed E-state index contributed by atoms with van der Waals surface area (Å²) in [6.45, 7) is 3.80. The first kappa shape index (κ1) is 9.47. The Bertz CT molecular complexity index is 317. The molecule has 1 heteroatoms. The van der Waals surface area contributed by atoms with Gasteiger partial charge in [-0.25, -0.2) is 0 Å². The summed E-state index contributed by atoms with van der Waals surface area (Å²) in [7, 11) is 0. The Balaban J connectivity index is 2.36. The van der Waals surface area contributed by atoms with Crippen molar-refractivity contribution < 1.29 is 5.11 Å². The summed E-state index contributed by atoms with van der Waals surface area (Å²) in [5.41, 5.74) is 0.366. The Morgan fingerprint density at radius 1 is 1.36 bits per heavy atom. The predicted octanol–water partition coefficient (Wildman–Crippen LogP) is 2.86. The highest BCUT2D eigenvalue weighted by atomic mass is 16.3. The average Bonchev–Trinajstić information content (AvgIpc) is 2.62. The van der Waals surface area contributed by atoms with E-state index in [-0.39, 0.29) is 5.92 Å². The van der Waals surface area contributed by atoms with Crippen molar-refractivity contribution in [3.8, 4) is 0 Å². The van der Waals surface area contributed by atoms with Gasteiger partial charge in [0.05, 0.1) is 5.60 Å². The van der Waals surface area contributed by atoms with Crippen LogP contribution < -0.4 is 0 Å². The van der Waals surface area contributed by atoms with E-state index in [4.69, 9.17) is 0 Å². The fourth-order valence-electron chi connectivity index (χ4n) is 2.41. The highest BCUT2D eigenvalue weighted by molar-refractivity contribution is 5.26. The Morgan fingerprint density at radius 3 is 2.71 bits per heavy atom. The number of hydrogen-bond donors (Lipinski definition) is 1. The first-order valence-electron chi connectivity index (χ1n) is 5.18. The minimum Gasteiger partial charge on any atom is -0.385 e. The minimum atomic E-state index is -0.664. The van der Waals surface area contributed by atoms with Crippen LogP contribution in [0.2, 0.25) is 0 Å². The summed E-state index contributed by atoms with van der Waals surface area (Å²) in [5, 5.41) is 10.6. The van der Waals surface area contributed by atoms with Crippen LogP contribution in [0, 0.1) is 5.92 Å². The zero-order valence-corrected chi connectivity index (χ0v) is 8.32. The third kappa shape index (κ3) is 1.38. The highest BCUT2D eigenvalue weighted by Gasteiger charge is 2.40. The van der Waals surface area contributed by atoms with Crippen molar-refractivity contribution in [3.05, 3.63) is 48.6 Å². The van der Waals surface area contributed by atoms with Gasteiger partial charge >= 0.3 is 0 Å². The van der Waals surface area contributed by atoms with Crippen molar-refractivity contribution in [2.24, 2.45) is 5.92 Å². The maximum absolute atomic E-state index is 10.6. The van der Waals surface area contributed by atoms with E-state index in [0.29, 0.717) is 0 Å². The lowest BCUT2D eigenvalue weighted by atomic mass is 9.84. The van der Waals surface area contributed by atoms with Crippen LogP contribution in [0.15, 0.2) is 43.0 Å². The number of aliphatic hydroxyl groups is 1. The van der Waals surface area contributed by atoms with Crippen LogP contribution in [-0.4, -0.2) is 5.11 Å². The van der Waals surface area contributed by atoms with Gasteiger partial charge in [0.15, 0.2) is 0 Å². The Labute approximate surface area is 85.1 Å². The molecule has 14 heavy (non-hydrogen) atoms. The predicted molar refractivity (Wildman–Crippen MR) is 57.9 cm³/mol. The van der Waals surface area contributed by atoms with Gasteiger partial charge in [-0.15, -0.1) is 6.58 Å². The molecule has 0 saturated heterocycles. The normalized spacial score (nSPS) is 31.6. The third-order valence-electron chi connectivity index (χ3n) is 3.24. The minimum absolute atomic E-state index is 0.213. The van der Waals surface area contributed by atoms with Gasteiger partial charge < -0.3 is 5.11 Å². The summed E-state index contributed by atoms with van der Waals surface area (Å²) in [4.78, 5) is 0. The molecule has 0 radical (unpaired) electrons. The molecule has 1 aliphatic carbocycles. The van der Waals surface area contributed by atoms with Crippen LogP contribution in [0.25, 0.3) is 0 Å². The zero-order valence-electron chi connectivity index (χ0n) is 8.32. The molecule has 2 atom stereocenters. The molecule has 0 aromatic heterocycles. The summed E-state index contributed by atoms with van der Waals surface area (Å²) in [6.07, 6.45) is 4.88. The molecular weight excluding hydrogens is 172 g/mol. The largest absolute Gasteiger partial charge is 0.385 e. The van der Waals surface area contributed by atoms with Gasteiger partial charge in [0, 0.05) is 5.92 Å². The lowest BCUT2D eigenvalue weighted by Gasteiger charge is -2.28. The number of rotatable bonds is 2. The molecule has 1 aliphatic rings. The van der Waals surface area contributed by atoms with Crippen molar-refractivity contribution in [2.75, 3.05) is 0 Å². The second-order valence-corrected chi connectivity index (χ2v) is 4.02. The van der Waals surface area contributed by atoms with Crippen molar-refractivity contribution in [1.82, 2.24) is 0 Å². The van der Waals surface area contributed by atoms with Crippen LogP contribution in [0.1, 0.15) is 24.8 Å². The lowest BCUT2D eigenvalue weighted by Crippen LogP contribution is -2.28. The second-order valence-electron chi connectivity index (χ2n) is 4.02. The molecule has 0 heterocycles. The molecule has 1 N–H and O–H groups in total. The standard InChI is InChI=1S/C13H16O/c1-2-11-9-6-10-13(11,14)12-7-4-3-5-8-12/h2-5,7-8,11,14H,1,6,9-10H2/t11-,13+/m0/s1. The molecular formula is C13H16O. The molecule has 1 fully saturated rings. The maximum atomic E-state index is 10.6. The fourth-order valence-corrected chi connectivity index (χ4v) is 2.41. The van der Waals surface area contributed by atoms with Gasteiger partial charge in [-0.3, -0.25) is 0 Å². The van der Waals surface area contributed by atoms with E-state index in [1.54, 1.807) is 0 Å². The first-order valence-corrected chi connectivity index (χ1v) is 5.18. The lowest BCUT2D eigenvalue weighted by molar-refractivity contribution is 0.0150. The van der Waals surface area contributed by atoms with Crippen molar-refractivity contribution >= 4 is 0 Å². The van der Waals surface area contributed by atoms with Crippen LogP contribution in [0.5, 0.6) is 0 Å². The first-order chi connectivity index (χ1) is 6.77. The molecule has 2 rings (SSSR count). The van der Waals surface area contributed by atoms with Crippen molar-refractivity contribution in [3.63, 3.8) is 0 Å². The van der Waals surface area contributed by atoms with Gasteiger partial charge in [-0.1, -0.05) is 36.4 Å². The second kappa shape index (κ2) is 3.58. The quantitative estimate of drug-likeness (QED) is 0.707. The number of hydrogen-bond acceptors (Lipinski definition) is 1. The molecule has 0 spiro atoms. The van der Waals surface area contributed by atoms with Crippen LogP contribution in [0.4, 0.5) is 0 Å². The monoisotopic (exact) mass is 188 g/mol. The molecule has 1 saturated carbocycles. The molecule has 1 aromatic rings. The summed E-state index contributed by atoms with van der Waals surface area (Å²) in [5.74, 6) is 0.213. The van der Waals surface area contributed by atoms with E-state index < -0.39 is 5.60 Å². The summed E-state index contributed by atoms with van der Waals surface area (Å²) in [6, 6.07) is 9.94. The molecule has 0 amide bonds. The van der Waals surface area contributed by atoms with Crippen LogP contribution in [0.3, 0.4) is 0 Å².